The number of allylic oxidation sites excluding steroid dienone is 6. The molecular weight excluding hydrogens is 328 g/mol. The van der Waals surface area contributed by atoms with E-state index in [0.717, 1.165) is 10.8 Å². The Hall–Kier alpha value is -3.08. The lowest BCUT2D eigenvalue weighted by Crippen LogP contribution is -2.45. The van der Waals surface area contributed by atoms with Crippen LogP contribution in [-0.4, -0.2) is 33.5 Å². The quantitative estimate of drug-likeness (QED) is 0.840. The molecule has 0 saturated heterocycles. The molecule has 0 spiro atoms. The van der Waals surface area contributed by atoms with Crippen molar-refractivity contribution in [2.75, 3.05) is 0 Å². The van der Waals surface area contributed by atoms with E-state index in [2.05, 4.69) is 0 Å². The number of benzene rings is 2. The Kier molecular flexibility index (Phi) is 3.80. The van der Waals surface area contributed by atoms with Crippen LogP contribution in [0.25, 0.3) is 10.8 Å². The van der Waals surface area contributed by atoms with E-state index in [-0.39, 0.29) is 5.78 Å². The summed E-state index contributed by atoms with van der Waals surface area (Å²) in [5.41, 5.74) is -0.264. The minimum Gasteiger partial charge on any atom is -0.381 e. The first-order valence-corrected chi connectivity index (χ1v) is 8.26. The Morgan fingerprint density at radius 3 is 2.54 bits per heavy atom. The summed E-state index contributed by atoms with van der Waals surface area (Å²) >= 11 is 0. The van der Waals surface area contributed by atoms with Crippen LogP contribution in [0.4, 0.5) is 0 Å². The monoisotopic (exact) mass is 344 g/mol. The van der Waals surface area contributed by atoms with E-state index in [9.17, 15) is 19.8 Å². The highest BCUT2D eigenvalue weighted by Crippen LogP contribution is 2.31. The number of Topliss-reactive ketones (excluding diaryl/α,β-unsaturated/α-hetero) is 1. The largest absolute Gasteiger partial charge is 0.381 e. The average molecular weight is 344 g/mol. The first kappa shape index (κ1) is 16.4. The van der Waals surface area contributed by atoms with E-state index in [1.165, 1.54) is 24.3 Å². The first-order chi connectivity index (χ1) is 12.5. The summed E-state index contributed by atoms with van der Waals surface area (Å²) in [6, 6.07) is 12.8. The number of fused-ring (bicyclic) bond motifs is 2. The smallest absolute Gasteiger partial charge is 0.194 e. The number of aliphatic hydroxyl groups is 2. The summed E-state index contributed by atoms with van der Waals surface area (Å²) in [6.07, 6.45) is 7.04. The molecule has 0 aliphatic heterocycles. The van der Waals surface area contributed by atoms with Crippen molar-refractivity contribution < 1.29 is 19.8 Å². The van der Waals surface area contributed by atoms with Gasteiger partial charge in [-0.15, -0.1) is 0 Å². The van der Waals surface area contributed by atoms with E-state index in [1.807, 2.05) is 30.3 Å². The lowest BCUT2D eigenvalue weighted by Gasteiger charge is -2.30. The lowest BCUT2D eigenvalue weighted by atomic mass is 9.81. The maximum Gasteiger partial charge on any atom is 0.194 e. The fourth-order valence-corrected chi connectivity index (χ4v) is 3.23. The Balaban J connectivity index is 1.67. The van der Waals surface area contributed by atoms with E-state index < -0.39 is 17.5 Å². The second-order valence-electron chi connectivity index (χ2n) is 6.48. The van der Waals surface area contributed by atoms with Crippen molar-refractivity contribution in [1.82, 2.24) is 0 Å². The molecule has 2 aromatic carbocycles. The third-order valence-corrected chi connectivity index (χ3v) is 4.70. The van der Waals surface area contributed by atoms with Crippen LogP contribution < -0.4 is 0 Å². The summed E-state index contributed by atoms with van der Waals surface area (Å²) in [5.74, 6) is -0.705. The fraction of sp³-hybridized carbons (Fsp3) is 0.0909. The number of ketones is 2. The van der Waals surface area contributed by atoms with Gasteiger partial charge in [0.05, 0.1) is 0 Å². The molecule has 0 amide bonds. The summed E-state index contributed by atoms with van der Waals surface area (Å²) in [5, 5.41) is 23.2. The fourth-order valence-electron chi connectivity index (χ4n) is 3.23. The summed E-state index contributed by atoms with van der Waals surface area (Å²) < 4.78 is 0. The maximum absolute atomic E-state index is 12.7. The minimum atomic E-state index is -1.83. The zero-order chi connectivity index (χ0) is 18.3. The molecule has 26 heavy (non-hydrogen) atoms. The molecule has 4 nitrogen and oxygen atoms in total. The molecule has 4 rings (SSSR count). The normalized spacial score (nSPS) is 22.6. The predicted octanol–water partition coefficient (Wildman–Crippen LogP) is 2.68. The van der Waals surface area contributed by atoms with E-state index in [4.69, 9.17) is 0 Å². The third-order valence-electron chi connectivity index (χ3n) is 4.70. The van der Waals surface area contributed by atoms with Crippen molar-refractivity contribution >= 4 is 22.3 Å². The van der Waals surface area contributed by atoms with Gasteiger partial charge in [0.2, 0.25) is 0 Å². The molecule has 2 aromatic rings. The second-order valence-corrected chi connectivity index (χ2v) is 6.48. The van der Waals surface area contributed by atoms with Crippen molar-refractivity contribution in [3.05, 3.63) is 95.6 Å². The molecule has 128 valence electrons. The number of carbonyl (C=O) groups is 2. The van der Waals surface area contributed by atoms with Gasteiger partial charge in [-0.2, -0.15) is 0 Å². The number of rotatable bonds is 3. The van der Waals surface area contributed by atoms with Crippen molar-refractivity contribution in [3.8, 4) is 0 Å². The second kappa shape index (κ2) is 6.02. The first-order valence-electron chi connectivity index (χ1n) is 8.26. The lowest BCUT2D eigenvalue weighted by molar-refractivity contribution is -0.110. The Morgan fingerprint density at radius 2 is 1.73 bits per heavy atom. The SMILES string of the molecule is O=C1C=CC2=CC(O)(C(O)C(=O)c3ccc4ccccc4c3)C=CC2=C1. The van der Waals surface area contributed by atoms with Gasteiger partial charge < -0.3 is 10.2 Å². The number of hydrogen-bond acceptors (Lipinski definition) is 4. The molecule has 0 saturated carbocycles. The highest BCUT2D eigenvalue weighted by molar-refractivity contribution is 6.04. The number of hydrogen-bond donors (Lipinski definition) is 2. The van der Waals surface area contributed by atoms with Gasteiger partial charge in [0.25, 0.3) is 0 Å². The molecule has 2 aliphatic rings. The van der Waals surface area contributed by atoms with Gasteiger partial charge in [-0.05, 0) is 52.3 Å². The van der Waals surface area contributed by atoms with Gasteiger partial charge in [0.1, 0.15) is 5.60 Å². The molecule has 0 heterocycles. The molecular formula is C22H16O4. The topological polar surface area (TPSA) is 74.6 Å². The van der Waals surface area contributed by atoms with E-state index in [0.29, 0.717) is 16.7 Å². The van der Waals surface area contributed by atoms with Crippen LogP contribution in [0.15, 0.2) is 90.1 Å². The third kappa shape index (κ3) is 2.75. The van der Waals surface area contributed by atoms with Crippen LogP contribution in [0.3, 0.4) is 0 Å². The van der Waals surface area contributed by atoms with Gasteiger partial charge in [0.15, 0.2) is 17.7 Å². The highest BCUT2D eigenvalue weighted by Gasteiger charge is 2.39. The highest BCUT2D eigenvalue weighted by atomic mass is 16.3. The zero-order valence-corrected chi connectivity index (χ0v) is 13.8. The summed E-state index contributed by atoms with van der Waals surface area (Å²) in [7, 11) is 0. The molecule has 2 aliphatic carbocycles. The van der Waals surface area contributed by atoms with Crippen molar-refractivity contribution in [2.24, 2.45) is 0 Å². The van der Waals surface area contributed by atoms with Crippen LogP contribution in [0.2, 0.25) is 0 Å². The Bertz CT molecular complexity index is 1050. The summed E-state index contributed by atoms with van der Waals surface area (Å²) in [4.78, 5) is 24.2. The number of carbonyl (C=O) groups excluding carboxylic acids is 2. The van der Waals surface area contributed by atoms with Crippen molar-refractivity contribution in [1.29, 1.82) is 0 Å². The number of aliphatic hydroxyl groups excluding tert-OH is 1. The van der Waals surface area contributed by atoms with Crippen LogP contribution in [0.5, 0.6) is 0 Å². The average Bonchev–Trinajstić information content (AvgIpc) is 2.66. The Morgan fingerprint density at radius 1 is 0.962 bits per heavy atom. The molecule has 2 N–H and O–H groups in total. The zero-order valence-electron chi connectivity index (χ0n) is 13.8. The molecule has 0 aromatic heterocycles. The Labute approximate surface area is 150 Å². The van der Waals surface area contributed by atoms with E-state index in [1.54, 1.807) is 24.3 Å². The molecule has 0 fully saturated rings. The molecule has 2 unspecified atom stereocenters. The van der Waals surface area contributed by atoms with Crippen molar-refractivity contribution in [2.45, 2.75) is 11.7 Å². The van der Waals surface area contributed by atoms with Crippen LogP contribution in [0, 0.1) is 0 Å². The van der Waals surface area contributed by atoms with Crippen molar-refractivity contribution in [3.63, 3.8) is 0 Å². The van der Waals surface area contributed by atoms with Crippen LogP contribution in [0.1, 0.15) is 10.4 Å². The van der Waals surface area contributed by atoms with Crippen LogP contribution >= 0.6 is 0 Å². The van der Waals surface area contributed by atoms with Gasteiger partial charge >= 0.3 is 0 Å². The van der Waals surface area contributed by atoms with Gasteiger partial charge in [0, 0.05) is 5.56 Å². The van der Waals surface area contributed by atoms with Gasteiger partial charge in [-0.3, -0.25) is 9.59 Å². The molecule has 4 heteroatoms. The molecule has 0 bridgehead atoms. The van der Waals surface area contributed by atoms with Gasteiger partial charge in [-0.25, -0.2) is 0 Å². The van der Waals surface area contributed by atoms with E-state index >= 15 is 0 Å². The standard InChI is InChI=1S/C22H16O4/c23-19-8-7-18-13-22(26,10-9-16(18)12-19)21(25)20(24)17-6-5-14-3-1-2-4-15(14)11-17/h1-13,21,25-26H. The minimum absolute atomic E-state index is 0.139. The summed E-state index contributed by atoms with van der Waals surface area (Å²) in [6.45, 7) is 0. The van der Waals surface area contributed by atoms with Crippen LogP contribution in [-0.2, 0) is 4.79 Å². The predicted molar refractivity (Wildman–Crippen MR) is 98.7 cm³/mol. The van der Waals surface area contributed by atoms with Gasteiger partial charge in [-0.1, -0.05) is 48.6 Å². The molecule has 0 radical (unpaired) electrons. The maximum atomic E-state index is 12.7. The molecule has 2 atom stereocenters.